The monoisotopic (exact) mass is 288 g/mol. The Balaban J connectivity index is 1.91. The molecule has 0 saturated carbocycles. The van der Waals surface area contributed by atoms with Crippen LogP contribution in [0, 0.1) is 5.92 Å². The smallest absolute Gasteiger partial charge is 0.243 e. The lowest BCUT2D eigenvalue weighted by atomic mass is 9.74. The van der Waals surface area contributed by atoms with Crippen LogP contribution in [0.1, 0.15) is 19.4 Å². The van der Waals surface area contributed by atoms with Gasteiger partial charge in [0.2, 0.25) is 11.8 Å². The van der Waals surface area contributed by atoms with Crippen molar-refractivity contribution in [2.75, 3.05) is 31.8 Å². The molecule has 112 valence electrons. The molecule has 0 aliphatic carbocycles. The standard InChI is InChI=1S/C16H20N2O3/c1-11(2)14(19)17-8-16(9-17)12-6-4-5-7-13(12)18(10-21-3)15(16)20/h4-7,11H,8-10H2,1-3H3. The Bertz CT molecular complexity index is 591. The molecule has 0 unspecified atom stereocenters. The van der Waals surface area contributed by atoms with E-state index in [2.05, 4.69) is 0 Å². The largest absolute Gasteiger partial charge is 0.364 e. The second-order valence-electron chi connectivity index (χ2n) is 6.10. The molecule has 1 aromatic rings. The number of hydrogen-bond acceptors (Lipinski definition) is 3. The first kappa shape index (κ1) is 14.1. The molecular formula is C16H20N2O3. The summed E-state index contributed by atoms with van der Waals surface area (Å²) in [5.41, 5.74) is 1.35. The molecule has 0 radical (unpaired) electrons. The van der Waals surface area contributed by atoms with Crippen molar-refractivity contribution in [3.63, 3.8) is 0 Å². The van der Waals surface area contributed by atoms with Gasteiger partial charge in [0.25, 0.3) is 0 Å². The number of hydrogen-bond donors (Lipinski definition) is 0. The summed E-state index contributed by atoms with van der Waals surface area (Å²) in [6.45, 7) is 4.96. The van der Waals surface area contributed by atoms with Gasteiger partial charge in [-0.05, 0) is 11.6 Å². The summed E-state index contributed by atoms with van der Waals surface area (Å²) in [4.78, 5) is 28.3. The number of methoxy groups -OCH3 is 1. The Labute approximate surface area is 124 Å². The number of carbonyl (C=O) groups excluding carboxylic acids is 2. The van der Waals surface area contributed by atoms with Crippen LogP contribution in [-0.2, 0) is 19.7 Å². The maximum atomic E-state index is 12.8. The van der Waals surface area contributed by atoms with Gasteiger partial charge in [-0.3, -0.25) is 14.5 Å². The molecule has 0 aromatic heterocycles. The summed E-state index contributed by atoms with van der Waals surface area (Å²) in [5.74, 6) is 0.110. The van der Waals surface area contributed by atoms with Crippen molar-refractivity contribution in [1.29, 1.82) is 0 Å². The summed E-state index contributed by atoms with van der Waals surface area (Å²) < 4.78 is 5.15. The summed E-state index contributed by atoms with van der Waals surface area (Å²) in [5, 5.41) is 0. The number of carbonyl (C=O) groups is 2. The molecule has 3 rings (SSSR count). The molecule has 2 amide bonds. The second-order valence-corrected chi connectivity index (χ2v) is 6.10. The van der Waals surface area contributed by atoms with Crippen molar-refractivity contribution in [3.05, 3.63) is 29.8 Å². The van der Waals surface area contributed by atoms with E-state index in [1.807, 2.05) is 38.1 Å². The molecule has 0 bridgehead atoms. The van der Waals surface area contributed by atoms with Crippen LogP contribution in [0.4, 0.5) is 5.69 Å². The summed E-state index contributed by atoms with van der Waals surface area (Å²) >= 11 is 0. The number of para-hydroxylation sites is 1. The molecule has 0 atom stereocenters. The Hall–Kier alpha value is -1.88. The Morgan fingerprint density at radius 1 is 1.33 bits per heavy atom. The van der Waals surface area contributed by atoms with Gasteiger partial charge in [-0.25, -0.2) is 0 Å². The van der Waals surface area contributed by atoms with E-state index in [1.165, 1.54) is 0 Å². The number of amides is 2. The molecule has 5 heteroatoms. The van der Waals surface area contributed by atoms with Crippen LogP contribution in [0.15, 0.2) is 24.3 Å². The Kier molecular flexibility index (Phi) is 3.24. The zero-order valence-corrected chi connectivity index (χ0v) is 12.6. The van der Waals surface area contributed by atoms with Gasteiger partial charge in [0, 0.05) is 26.1 Å². The van der Waals surface area contributed by atoms with Gasteiger partial charge < -0.3 is 9.64 Å². The third kappa shape index (κ3) is 1.87. The molecule has 0 N–H and O–H groups in total. The Morgan fingerprint density at radius 2 is 2.00 bits per heavy atom. The highest BCUT2D eigenvalue weighted by atomic mass is 16.5. The topological polar surface area (TPSA) is 49.9 Å². The van der Waals surface area contributed by atoms with Gasteiger partial charge in [0.15, 0.2) is 0 Å². The van der Waals surface area contributed by atoms with Crippen LogP contribution in [0.25, 0.3) is 0 Å². The molecule has 1 aromatic carbocycles. The van der Waals surface area contributed by atoms with Crippen molar-refractivity contribution >= 4 is 17.5 Å². The van der Waals surface area contributed by atoms with Crippen LogP contribution >= 0.6 is 0 Å². The van der Waals surface area contributed by atoms with Crippen molar-refractivity contribution in [2.45, 2.75) is 19.3 Å². The lowest BCUT2D eigenvalue weighted by Gasteiger charge is -2.47. The number of ether oxygens (including phenoxy) is 1. The molecule has 21 heavy (non-hydrogen) atoms. The maximum Gasteiger partial charge on any atom is 0.243 e. The SMILES string of the molecule is COCN1C(=O)C2(CN(C(=O)C(C)C)C2)c2ccccc21. The highest BCUT2D eigenvalue weighted by Crippen LogP contribution is 2.47. The lowest BCUT2D eigenvalue weighted by Crippen LogP contribution is -2.66. The third-order valence-electron chi connectivity index (χ3n) is 4.35. The van der Waals surface area contributed by atoms with E-state index < -0.39 is 5.41 Å². The number of anilines is 1. The molecule has 1 spiro atoms. The molecule has 5 nitrogen and oxygen atoms in total. The van der Waals surface area contributed by atoms with Crippen molar-refractivity contribution in [2.24, 2.45) is 5.92 Å². The van der Waals surface area contributed by atoms with Crippen molar-refractivity contribution in [3.8, 4) is 0 Å². The fraction of sp³-hybridized carbons (Fsp3) is 0.500. The van der Waals surface area contributed by atoms with Crippen molar-refractivity contribution < 1.29 is 14.3 Å². The van der Waals surface area contributed by atoms with Crippen LogP contribution in [0.5, 0.6) is 0 Å². The number of nitrogens with zero attached hydrogens (tertiary/aromatic N) is 2. The number of benzene rings is 1. The lowest BCUT2D eigenvalue weighted by molar-refractivity contribution is -0.147. The molecule has 1 saturated heterocycles. The second kappa shape index (κ2) is 4.84. The van der Waals surface area contributed by atoms with E-state index in [4.69, 9.17) is 4.74 Å². The molecule has 2 aliphatic heterocycles. The number of likely N-dealkylation sites (tertiary alicyclic amines) is 1. The minimum absolute atomic E-state index is 0.0378. The molecule has 2 heterocycles. The van der Waals surface area contributed by atoms with E-state index in [-0.39, 0.29) is 24.5 Å². The summed E-state index contributed by atoms with van der Waals surface area (Å²) in [7, 11) is 1.58. The van der Waals surface area contributed by atoms with Gasteiger partial charge in [0.05, 0.1) is 5.69 Å². The van der Waals surface area contributed by atoms with Crippen LogP contribution in [0.2, 0.25) is 0 Å². The number of rotatable bonds is 3. The first-order valence-electron chi connectivity index (χ1n) is 7.20. The van der Waals surface area contributed by atoms with Gasteiger partial charge in [-0.15, -0.1) is 0 Å². The minimum atomic E-state index is -0.570. The van der Waals surface area contributed by atoms with Gasteiger partial charge >= 0.3 is 0 Å². The first-order valence-corrected chi connectivity index (χ1v) is 7.20. The average Bonchev–Trinajstić information content (AvgIpc) is 2.67. The van der Waals surface area contributed by atoms with E-state index in [9.17, 15) is 9.59 Å². The average molecular weight is 288 g/mol. The van der Waals surface area contributed by atoms with Gasteiger partial charge in [0.1, 0.15) is 12.1 Å². The highest BCUT2D eigenvalue weighted by Gasteiger charge is 2.59. The zero-order valence-electron chi connectivity index (χ0n) is 12.6. The van der Waals surface area contributed by atoms with Crippen LogP contribution in [0.3, 0.4) is 0 Å². The first-order chi connectivity index (χ1) is 10.0. The molecule has 1 fully saturated rings. The summed E-state index contributed by atoms with van der Waals surface area (Å²) in [6, 6.07) is 7.79. The van der Waals surface area contributed by atoms with Crippen molar-refractivity contribution in [1.82, 2.24) is 4.90 Å². The van der Waals surface area contributed by atoms with E-state index >= 15 is 0 Å². The van der Waals surface area contributed by atoms with Crippen LogP contribution < -0.4 is 4.90 Å². The summed E-state index contributed by atoms with van der Waals surface area (Å²) in [6.07, 6.45) is 0. The highest BCUT2D eigenvalue weighted by molar-refractivity contribution is 6.10. The fourth-order valence-electron chi connectivity index (χ4n) is 3.29. The number of fused-ring (bicyclic) bond motifs is 2. The van der Waals surface area contributed by atoms with E-state index in [1.54, 1.807) is 16.9 Å². The van der Waals surface area contributed by atoms with E-state index in [0.29, 0.717) is 13.1 Å². The van der Waals surface area contributed by atoms with E-state index in [0.717, 1.165) is 11.3 Å². The van der Waals surface area contributed by atoms with Gasteiger partial charge in [-0.2, -0.15) is 0 Å². The fourth-order valence-corrected chi connectivity index (χ4v) is 3.29. The molecule has 2 aliphatic rings. The zero-order chi connectivity index (χ0) is 15.2. The maximum absolute atomic E-state index is 12.8. The quantitative estimate of drug-likeness (QED) is 0.844. The molecular weight excluding hydrogens is 268 g/mol. The van der Waals surface area contributed by atoms with Crippen LogP contribution in [-0.4, -0.2) is 43.6 Å². The van der Waals surface area contributed by atoms with Gasteiger partial charge in [-0.1, -0.05) is 32.0 Å². The predicted molar refractivity (Wildman–Crippen MR) is 78.9 cm³/mol. The minimum Gasteiger partial charge on any atom is -0.364 e. The third-order valence-corrected chi connectivity index (χ3v) is 4.35. The Morgan fingerprint density at radius 3 is 2.62 bits per heavy atom. The predicted octanol–water partition coefficient (Wildman–Crippen LogP) is 1.37. The normalized spacial score (nSPS) is 19.1.